The van der Waals surface area contributed by atoms with Gasteiger partial charge in [-0.2, -0.15) is 5.10 Å². The fraction of sp³-hybridized carbons (Fsp3) is 0.286. The Labute approximate surface area is 232 Å². The number of carbonyl (C=O) groups excluding carboxylic acids is 1. The predicted molar refractivity (Wildman–Crippen MR) is 152 cm³/mol. The molecule has 1 N–H and O–H groups in total. The molecule has 196 valence electrons. The van der Waals surface area contributed by atoms with Crippen LogP contribution in [0.25, 0.3) is 10.2 Å². The largest absolute Gasteiger partial charge is 0.493 e. The zero-order chi connectivity index (χ0) is 26.6. The minimum absolute atomic E-state index is 0.167. The number of nitrogens with one attached hydrogen (secondary N) is 1. The van der Waals surface area contributed by atoms with E-state index in [0.717, 1.165) is 35.2 Å². The Bertz CT molecular complexity index is 1560. The van der Waals surface area contributed by atoms with Gasteiger partial charge in [-0.3, -0.25) is 14.2 Å². The number of benzene rings is 2. The van der Waals surface area contributed by atoms with Gasteiger partial charge in [-0.1, -0.05) is 37.3 Å². The summed E-state index contributed by atoms with van der Waals surface area (Å²) in [5, 5.41) is 4.72. The SMILES string of the molecule is COc1cc(/C=N\NC(=O)Cn2cnc3sc4c(c3c2=O)CC[C@H](C)C4)cc(Br)c1OCc1ccccc1. The van der Waals surface area contributed by atoms with E-state index in [4.69, 9.17) is 9.47 Å². The number of hydrazone groups is 1. The van der Waals surface area contributed by atoms with Gasteiger partial charge in [0.25, 0.3) is 11.5 Å². The Kier molecular flexibility index (Phi) is 7.90. The van der Waals surface area contributed by atoms with Crippen molar-refractivity contribution in [2.45, 2.75) is 39.3 Å². The molecule has 0 spiro atoms. The van der Waals surface area contributed by atoms with E-state index in [9.17, 15) is 9.59 Å². The van der Waals surface area contributed by atoms with Gasteiger partial charge in [-0.25, -0.2) is 10.4 Å². The molecule has 1 amide bonds. The number of aryl methyl sites for hydroxylation is 1. The highest BCUT2D eigenvalue weighted by Gasteiger charge is 2.23. The first kappa shape index (κ1) is 26.1. The maximum atomic E-state index is 13.1. The van der Waals surface area contributed by atoms with Crippen LogP contribution >= 0.6 is 27.3 Å². The molecule has 5 rings (SSSR count). The minimum Gasteiger partial charge on any atom is -0.493 e. The van der Waals surface area contributed by atoms with Crippen molar-refractivity contribution in [3.05, 3.63) is 85.2 Å². The molecule has 10 heteroatoms. The smallest absolute Gasteiger partial charge is 0.262 e. The zero-order valence-electron chi connectivity index (χ0n) is 21.1. The number of fused-ring (bicyclic) bond motifs is 3. The molecule has 1 aliphatic rings. The average molecular weight is 596 g/mol. The van der Waals surface area contributed by atoms with Crippen LogP contribution < -0.4 is 20.5 Å². The molecule has 0 saturated heterocycles. The van der Waals surface area contributed by atoms with Gasteiger partial charge in [0, 0.05) is 4.88 Å². The molecule has 2 heterocycles. The second-order valence-electron chi connectivity index (χ2n) is 9.31. The maximum Gasteiger partial charge on any atom is 0.262 e. The predicted octanol–water partition coefficient (Wildman–Crippen LogP) is 5.08. The maximum absolute atomic E-state index is 13.1. The molecule has 0 aliphatic heterocycles. The summed E-state index contributed by atoms with van der Waals surface area (Å²) in [7, 11) is 1.56. The molecule has 0 fully saturated rings. The van der Waals surface area contributed by atoms with Crippen LogP contribution in [-0.4, -0.2) is 28.8 Å². The van der Waals surface area contributed by atoms with Crippen molar-refractivity contribution >= 4 is 49.6 Å². The molecule has 2 aromatic heterocycles. The van der Waals surface area contributed by atoms with E-state index in [-0.39, 0.29) is 12.1 Å². The summed E-state index contributed by atoms with van der Waals surface area (Å²) in [5.41, 5.74) is 5.15. The number of ether oxygens (including phenoxy) is 2. The average Bonchev–Trinajstić information content (AvgIpc) is 3.28. The van der Waals surface area contributed by atoms with Crippen LogP contribution in [0.5, 0.6) is 11.5 Å². The molecule has 2 aromatic carbocycles. The summed E-state index contributed by atoms with van der Waals surface area (Å²) in [4.78, 5) is 32.1. The lowest BCUT2D eigenvalue weighted by molar-refractivity contribution is -0.121. The number of nitrogens with zero attached hydrogens (tertiary/aromatic N) is 3. The number of carbonyl (C=O) groups is 1. The van der Waals surface area contributed by atoms with Gasteiger partial charge in [0.1, 0.15) is 18.0 Å². The van der Waals surface area contributed by atoms with E-state index in [2.05, 4.69) is 38.4 Å². The first-order valence-electron chi connectivity index (χ1n) is 12.3. The first-order valence-corrected chi connectivity index (χ1v) is 13.9. The van der Waals surface area contributed by atoms with Crippen molar-refractivity contribution in [3.63, 3.8) is 0 Å². The molecule has 1 aliphatic carbocycles. The molecular weight excluding hydrogens is 568 g/mol. The van der Waals surface area contributed by atoms with Crippen LogP contribution in [0.15, 0.2) is 63.2 Å². The molecule has 0 radical (unpaired) electrons. The number of rotatable bonds is 8. The quantitative estimate of drug-likeness (QED) is 0.227. The fourth-order valence-corrected chi connectivity index (χ4v) is 6.45. The summed E-state index contributed by atoms with van der Waals surface area (Å²) in [5.74, 6) is 1.29. The third-order valence-electron chi connectivity index (χ3n) is 6.48. The monoisotopic (exact) mass is 594 g/mol. The van der Waals surface area contributed by atoms with E-state index in [0.29, 0.717) is 39.4 Å². The Balaban J connectivity index is 1.25. The number of aromatic nitrogens is 2. The molecule has 0 bridgehead atoms. The Morgan fingerprint density at radius 2 is 2.13 bits per heavy atom. The summed E-state index contributed by atoms with van der Waals surface area (Å²) in [6.45, 7) is 2.46. The Morgan fingerprint density at radius 3 is 2.92 bits per heavy atom. The standard InChI is InChI=1S/C28H27BrN4O4S/c1-17-8-9-20-23(10-17)38-27-25(20)28(35)33(16-30-27)14-24(34)32-31-13-19-11-21(29)26(22(12-19)36-2)37-15-18-6-4-3-5-7-18/h3-7,11-13,16-17H,8-10,14-15H2,1-2H3,(H,32,34)/b31-13-/t17-/m0/s1. The third-order valence-corrected chi connectivity index (χ3v) is 8.23. The van der Waals surface area contributed by atoms with Gasteiger partial charge in [-0.15, -0.1) is 11.3 Å². The van der Waals surface area contributed by atoms with Gasteiger partial charge < -0.3 is 9.47 Å². The Hall–Kier alpha value is -3.50. The molecule has 4 aromatic rings. The van der Waals surface area contributed by atoms with E-state index in [1.54, 1.807) is 24.5 Å². The van der Waals surface area contributed by atoms with E-state index in [1.807, 2.05) is 36.4 Å². The van der Waals surface area contributed by atoms with Crippen molar-refractivity contribution in [2.75, 3.05) is 7.11 Å². The lowest BCUT2D eigenvalue weighted by Crippen LogP contribution is -2.30. The lowest BCUT2D eigenvalue weighted by Gasteiger charge is -2.17. The zero-order valence-corrected chi connectivity index (χ0v) is 23.5. The van der Waals surface area contributed by atoms with E-state index in [1.165, 1.54) is 22.0 Å². The van der Waals surface area contributed by atoms with Crippen LogP contribution in [0, 0.1) is 5.92 Å². The molecule has 0 unspecified atom stereocenters. The van der Waals surface area contributed by atoms with Gasteiger partial charge in [0.2, 0.25) is 0 Å². The summed E-state index contributed by atoms with van der Waals surface area (Å²) >= 11 is 5.12. The van der Waals surface area contributed by atoms with Crippen molar-refractivity contribution in [2.24, 2.45) is 11.0 Å². The highest BCUT2D eigenvalue weighted by atomic mass is 79.9. The second kappa shape index (κ2) is 11.5. The summed E-state index contributed by atoms with van der Waals surface area (Å²) < 4.78 is 13.5. The number of hydrogen-bond acceptors (Lipinski definition) is 7. The van der Waals surface area contributed by atoms with Crippen LogP contribution in [0.4, 0.5) is 0 Å². The third kappa shape index (κ3) is 5.66. The van der Waals surface area contributed by atoms with Gasteiger partial charge >= 0.3 is 0 Å². The highest BCUT2D eigenvalue weighted by molar-refractivity contribution is 9.10. The van der Waals surface area contributed by atoms with E-state index < -0.39 is 5.91 Å². The van der Waals surface area contributed by atoms with Gasteiger partial charge in [-0.05, 0) is 69.9 Å². The van der Waals surface area contributed by atoms with Gasteiger partial charge in [0.15, 0.2) is 11.5 Å². The number of thiophene rings is 1. The molecule has 38 heavy (non-hydrogen) atoms. The summed E-state index contributed by atoms with van der Waals surface area (Å²) in [6.07, 6.45) is 5.86. The highest BCUT2D eigenvalue weighted by Crippen LogP contribution is 2.37. The molecular formula is C28H27BrN4O4S. The normalized spacial score (nSPS) is 15.0. The molecule has 1 atom stereocenters. The fourth-order valence-electron chi connectivity index (χ4n) is 4.53. The van der Waals surface area contributed by atoms with Crippen LogP contribution in [0.1, 0.15) is 34.9 Å². The minimum atomic E-state index is -0.420. The topological polar surface area (TPSA) is 94.8 Å². The van der Waals surface area contributed by atoms with Crippen molar-refractivity contribution in [1.29, 1.82) is 0 Å². The van der Waals surface area contributed by atoms with Crippen LogP contribution in [-0.2, 0) is 30.8 Å². The molecule has 8 nitrogen and oxygen atoms in total. The van der Waals surface area contributed by atoms with E-state index >= 15 is 0 Å². The first-order chi connectivity index (χ1) is 18.4. The van der Waals surface area contributed by atoms with Crippen molar-refractivity contribution in [3.8, 4) is 11.5 Å². The van der Waals surface area contributed by atoms with Crippen LogP contribution in [0.3, 0.4) is 0 Å². The van der Waals surface area contributed by atoms with Gasteiger partial charge in [0.05, 0.1) is 29.5 Å². The van der Waals surface area contributed by atoms with Crippen molar-refractivity contribution in [1.82, 2.24) is 15.0 Å². The summed E-state index contributed by atoms with van der Waals surface area (Å²) in [6, 6.07) is 13.4. The second-order valence-corrected chi connectivity index (χ2v) is 11.2. The number of hydrogen-bond donors (Lipinski definition) is 1. The Morgan fingerprint density at radius 1 is 1.32 bits per heavy atom. The number of methoxy groups -OCH3 is 1. The molecule has 0 saturated carbocycles. The van der Waals surface area contributed by atoms with Crippen molar-refractivity contribution < 1.29 is 14.3 Å². The number of halogens is 1. The lowest BCUT2D eigenvalue weighted by atomic mass is 9.89. The number of amides is 1. The van der Waals surface area contributed by atoms with Crippen LogP contribution in [0.2, 0.25) is 0 Å².